The summed E-state index contributed by atoms with van der Waals surface area (Å²) in [5.41, 5.74) is 0.0462. The van der Waals surface area contributed by atoms with Gasteiger partial charge < -0.3 is 15.2 Å². The van der Waals surface area contributed by atoms with Crippen molar-refractivity contribution in [2.45, 2.75) is 32.2 Å². The van der Waals surface area contributed by atoms with Crippen molar-refractivity contribution in [3.63, 3.8) is 0 Å². The van der Waals surface area contributed by atoms with Crippen LogP contribution in [0.15, 0.2) is 24.3 Å². The third kappa shape index (κ3) is 3.26. The average Bonchev–Trinajstić information content (AvgIpc) is 3.24. The molecule has 4 heteroatoms. The Hall–Kier alpha value is -1.55. The van der Waals surface area contributed by atoms with Crippen molar-refractivity contribution in [2.24, 2.45) is 5.92 Å². The summed E-state index contributed by atoms with van der Waals surface area (Å²) in [5.74, 6) is 0.911. The smallest absolute Gasteiger partial charge is 0.251 e. The van der Waals surface area contributed by atoms with Crippen molar-refractivity contribution in [1.29, 1.82) is 0 Å². The molecule has 0 spiro atoms. The number of amides is 1. The van der Waals surface area contributed by atoms with E-state index in [1.165, 1.54) is 0 Å². The average molecular weight is 263 g/mol. The lowest BCUT2D eigenvalue weighted by Crippen LogP contribution is -2.50. The van der Waals surface area contributed by atoms with Gasteiger partial charge >= 0.3 is 0 Å². The first kappa shape index (κ1) is 13.9. The van der Waals surface area contributed by atoms with Crippen LogP contribution in [0.25, 0.3) is 0 Å². The zero-order chi connectivity index (χ0) is 13.9. The number of hydrogen-bond acceptors (Lipinski definition) is 3. The van der Waals surface area contributed by atoms with E-state index >= 15 is 0 Å². The number of aliphatic hydroxyl groups is 1. The molecule has 1 aliphatic rings. The lowest BCUT2D eigenvalue weighted by atomic mass is 9.96. The van der Waals surface area contributed by atoms with Gasteiger partial charge in [-0.05, 0) is 50.8 Å². The lowest BCUT2D eigenvalue weighted by molar-refractivity contribution is 0.0824. The van der Waals surface area contributed by atoms with Gasteiger partial charge in [-0.1, -0.05) is 6.07 Å². The highest BCUT2D eigenvalue weighted by Crippen LogP contribution is 2.39. The molecule has 1 fully saturated rings. The van der Waals surface area contributed by atoms with Gasteiger partial charge in [0.15, 0.2) is 0 Å². The predicted octanol–water partition coefficient (Wildman–Crippen LogP) is 1.98. The third-order valence-electron chi connectivity index (χ3n) is 3.61. The molecule has 104 valence electrons. The van der Waals surface area contributed by atoms with E-state index in [0.717, 1.165) is 12.8 Å². The van der Waals surface area contributed by atoms with Gasteiger partial charge in [0.25, 0.3) is 5.91 Å². The van der Waals surface area contributed by atoms with Crippen molar-refractivity contribution >= 4 is 5.91 Å². The van der Waals surface area contributed by atoms with E-state index in [-0.39, 0.29) is 12.5 Å². The molecule has 0 saturated heterocycles. The van der Waals surface area contributed by atoms with Gasteiger partial charge in [-0.25, -0.2) is 0 Å². The van der Waals surface area contributed by atoms with Gasteiger partial charge in [0.05, 0.1) is 18.8 Å². The predicted molar refractivity (Wildman–Crippen MR) is 73.3 cm³/mol. The number of nitrogens with one attached hydrogen (secondary N) is 1. The summed E-state index contributed by atoms with van der Waals surface area (Å²) in [6.07, 6.45) is 2.13. The van der Waals surface area contributed by atoms with E-state index < -0.39 is 5.54 Å². The first-order valence-corrected chi connectivity index (χ1v) is 6.75. The molecule has 1 aliphatic carbocycles. The van der Waals surface area contributed by atoms with Gasteiger partial charge in [-0.2, -0.15) is 0 Å². The van der Waals surface area contributed by atoms with E-state index in [1.807, 2.05) is 19.9 Å². The van der Waals surface area contributed by atoms with Crippen molar-refractivity contribution in [3.05, 3.63) is 29.8 Å². The zero-order valence-corrected chi connectivity index (χ0v) is 11.5. The van der Waals surface area contributed by atoms with Crippen LogP contribution in [-0.2, 0) is 0 Å². The molecule has 0 radical (unpaired) electrons. The Bertz CT molecular complexity index is 456. The molecule has 1 aromatic rings. The van der Waals surface area contributed by atoms with Gasteiger partial charge in [-0.3, -0.25) is 4.79 Å². The Kier molecular flexibility index (Phi) is 4.10. The molecular formula is C15H21NO3. The molecular weight excluding hydrogens is 242 g/mol. The molecule has 2 N–H and O–H groups in total. The Labute approximate surface area is 113 Å². The fraction of sp³-hybridized carbons (Fsp3) is 0.533. The number of rotatable bonds is 6. The summed E-state index contributed by atoms with van der Waals surface area (Å²) in [6, 6.07) is 7.10. The van der Waals surface area contributed by atoms with E-state index in [9.17, 15) is 9.90 Å². The van der Waals surface area contributed by atoms with E-state index in [4.69, 9.17) is 4.74 Å². The Morgan fingerprint density at radius 2 is 2.26 bits per heavy atom. The van der Waals surface area contributed by atoms with Crippen LogP contribution in [0.4, 0.5) is 0 Å². The summed E-state index contributed by atoms with van der Waals surface area (Å²) < 4.78 is 5.38. The van der Waals surface area contributed by atoms with Crippen LogP contribution >= 0.6 is 0 Å². The maximum atomic E-state index is 12.2. The molecule has 19 heavy (non-hydrogen) atoms. The second-order valence-corrected chi connectivity index (χ2v) is 5.26. The molecule has 2 rings (SSSR count). The van der Waals surface area contributed by atoms with Crippen molar-refractivity contribution in [1.82, 2.24) is 5.32 Å². The summed E-state index contributed by atoms with van der Waals surface area (Å²) in [7, 11) is 0. The minimum atomic E-state index is -0.515. The third-order valence-corrected chi connectivity index (χ3v) is 3.61. The van der Waals surface area contributed by atoms with Crippen LogP contribution in [0, 0.1) is 5.92 Å². The number of hydrogen-bond donors (Lipinski definition) is 2. The molecule has 0 heterocycles. The summed E-state index contributed by atoms with van der Waals surface area (Å²) in [4.78, 5) is 12.2. The molecule has 1 atom stereocenters. The molecule has 1 saturated carbocycles. The normalized spacial score (nSPS) is 17.6. The number of carbonyl (C=O) groups is 1. The minimum absolute atomic E-state index is 0.0332. The molecule has 0 aromatic heterocycles. The maximum absolute atomic E-state index is 12.2. The highest BCUT2D eigenvalue weighted by atomic mass is 16.5. The van der Waals surface area contributed by atoms with Crippen LogP contribution in [0.2, 0.25) is 0 Å². The van der Waals surface area contributed by atoms with Crippen LogP contribution in [0.1, 0.15) is 37.0 Å². The van der Waals surface area contributed by atoms with Gasteiger partial charge in [0.2, 0.25) is 0 Å². The SMILES string of the molecule is CCOc1cccc(C(=O)NC(C)(CO)C2CC2)c1. The minimum Gasteiger partial charge on any atom is -0.494 e. The van der Waals surface area contributed by atoms with Crippen LogP contribution in [0.3, 0.4) is 0 Å². The lowest BCUT2D eigenvalue weighted by Gasteiger charge is -2.28. The number of carbonyl (C=O) groups excluding carboxylic acids is 1. The van der Waals surface area contributed by atoms with Crippen LogP contribution in [-0.4, -0.2) is 29.8 Å². The fourth-order valence-electron chi connectivity index (χ4n) is 2.22. The first-order valence-electron chi connectivity index (χ1n) is 6.75. The number of ether oxygens (including phenoxy) is 1. The maximum Gasteiger partial charge on any atom is 0.251 e. The second kappa shape index (κ2) is 5.61. The standard InChI is InChI=1S/C15H21NO3/c1-3-19-13-6-4-5-11(9-13)14(18)16-15(2,10-17)12-7-8-12/h4-6,9,12,17H,3,7-8,10H2,1-2H3,(H,16,18). The molecule has 1 unspecified atom stereocenters. The van der Waals surface area contributed by atoms with Crippen molar-refractivity contribution < 1.29 is 14.6 Å². The molecule has 1 aromatic carbocycles. The highest BCUT2D eigenvalue weighted by Gasteiger charge is 2.42. The molecule has 4 nitrogen and oxygen atoms in total. The van der Waals surface area contributed by atoms with Crippen LogP contribution in [0.5, 0.6) is 5.75 Å². The first-order chi connectivity index (χ1) is 9.09. The van der Waals surface area contributed by atoms with Crippen LogP contribution < -0.4 is 10.1 Å². The van der Waals surface area contributed by atoms with E-state index in [0.29, 0.717) is 23.8 Å². The summed E-state index contributed by atoms with van der Waals surface area (Å²) in [5, 5.41) is 12.4. The van der Waals surface area contributed by atoms with Crippen molar-refractivity contribution in [3.8, 4) is 5.75 Å². The highest BCUT2D eigenvalue weighted by molar-refractivity contribution is 5.95. The van der Waals surface area contributed by atoms with Crippen molar-refractivity contribution in [2.75, 3.05) is 13.2 Å². The topological polar surface area (TPSA) is 58.6 Å². The van der Waals surface area contributed by atoms with Gasteiger partial charge in [-0.15, -0.1) is 0 Å². The summed E-state index contributed by atoms with van der Waals surface area (Å²) >= 11 is 0. The molecule has 0 bridgehead atoms. The second-order valence-electron chi connectivity index (χ2n) is 5.26. The quantitative estimate of drug-likeness (QED) is 0.825. The van der Waals surface area contributed by atoms with E-state index in [2.05, 4.69) is 5.32 Å². The zero-order valence-electron chi connectivity index (χ0n) is 11.5. The Balaban J connectivity index is 2.08. The van der Waals surface area contributed by atoms with Gasteiger partial charge in [0, 0.05) is 5.56 Å². The Morgan fingerprint density at radius 3 is 2.84 bits per heavy atom. The Morgan fingerprint density at radius 1 is 1.53 bits per heavy atom. The number of benzene rings is 1. The fourth-order valence-corrected chi connectivity index (χ4v) is 2.22. The monoisotopic (exact) mass is 263 g/mol. The molecule has 1 amide bonds. The summed E-state index contributed by atoms with van der Waals surface area (Å²) in [6.45, 7) is 4.34. The largest absolute Gasteiger partial charge is 0.494 e. The van der Waals surface area contributed by atoms with E-state index in [1.54, 1.807) is 18.2 Å². The molecule has 0 aliphatic heterocycles. The number of aliphatic hydroxyl groups excluding tert-OH is 1. The van der Waals surface area contributed by atoms with Gasteiger partial charge in [0.1, 0.15) is 5.75 Å².